The molecular formula is C26H32ClN3O4. The summed E-state index contributed by atoms with van der Waals surface area (Å²) in [6.07, 6.45) is 6.17. The molecule has 0 bridgehead atoms. The first-order valence-electron chi connectivity index (χ1n) is 11.9. The fraction of sp³-hybridized carbons (Fsp3) is 0.500. The number of para-hydroxylation sites is 1. The minimum Gasteiger partial charge on any atom is -0.492 e. The van der Waals surface area contributed by atoms with E-state index in [0.717, 1.165) is 32.1 Å². The Labute approximate surface area is 206 Å². The maximum Gasteiger partial charge on any atom is 0.272 e. The molecule has 0 unspecified atom stereocenters. The second-order valence-electron chi connectivity index (χ2n) is 9.23. The zero-order chi connectivity index (χ0) is 24.0. The summed E-state index contributed by atoms with van der Waals surface area (Å²) in [5, 5.41) is 0.514. The third kappa shape index (κ3) is 5.88. The number of likely N-dealkylation sites (N-methyl/N-ethyl adjacent to an activating group) is 1. The molecule has 2 aliphatic rings. The highest BCUT2D eigenvalue weighted by molar-refractivity contribution is 6.30. The molecule has 4 rings (SSSR count). The average molecular weight is 486 g/mol. The Morgan fingerprint density at radius 3 is 2.59 bits per heavy atom. The van der Waals surface area contributed by atoms with Gasteiger partial charge in [0.1, 0.15) is 11.4 Å². The Balaban J connectivity index is 1.48. The van der Waals surface area contributed by atoms with E-state index in [9.17, 15) is 9.59 Å². The van der Waals surface area contributed by atoms with Gasteiger partial charge in [-0.3, -0.25) is 9.59 Å². The van der Waals surface area contributed by atoms with Crippen LogP contribution in [0, 0.1) is 5.41 Å². The fourth-order valence-corrected chi connectivity index (χ4v) is 4.74. The molecule has 0 radical (unpaired) electrons. The number of rotatable bonds is 1. The SMILES string of the molecule is CN1CCOCCCCC2(CCN(C(=O)c3ccc(Cl)cn3)CC2)COc2ccccc2C1=O. The minimum absolute atomic E-state index is 0.0591. The predicted octanol–water partition coefficient (Wildman–Crippen LogP) is 4.31. The standard InChI is InChI=1S/C26H32ClN3O4/c1-29-15-17-33-16-5-4-10-26(19-34-23-7-3-2-6-21(23)24(29)31)11-13-30(14-12-26)25(32)22-9-8-20(27)18-28-22/h2-3,6-9,18H,4-5,10-17,19H2,1H3. The van der Waals surface area contributed by atoms with Crippen molar-refractivity contribution in [2.75, 3.05) is 46.5 Å². The molecule has 1 saturated heterocycles. The molecule has 0 aliphatic carbocycles. The van der Waals surface area contributed by atoms with Crippen LogP contribution in [0.4, 0.5) is 0 Å². The number of aromatic nitrogens is 1. The number of piperidine rings is 1. The summed E-state index contributed by atoms with van der Waals surface area (Å²) in [5.74, 6) is 0.475. The van der Waals surface area contributed by atoms with Gasteiger partial charge in [-0.15, -0.1) is 0 Å². The van der Waals surface area contributed by atoms with Gasteiger partial charge < -0.3 is 19.3 Å². The van der Waals surface area contributed by atoms with Crippen molar-refractivity contribution < 1.29 is 19.1 Å². The average Bonchev–Trinajstić information content (AvgIpc) is 2.86. The lowest BCUT2D eigenvalue weighted by atomic mass is 9.75. The van der Waals surface area contributed by atoms with E-state index in [1.54, 1.807) is 24.1 Å². The molecule has 1 spiro atoms. The lowest BCUT2D eigenvalue weighted by Gasteiger charge is -2.42. The number of likely N-dealkylation sites (tertiary alicyclic amines) is 1. The molecule has 1 aromatic carbocycles. The Kier molecular flexibility index (Phi) is 8.06. The van der Waals surface area contributed by atoms with E-state index >= 15 is 0 Å². The van der Waals surface area contributed by atoms with E-state index in [4.69, 9.17) is 21.1 Å². The highest BCUT2D eigenvalue weighted by atomic mass is 35.5. The molecule has 0 atom stereocenters. The third-order valence-electron chi connectivity index (χ3n) is 6.87. The van der Waals surface area contributed by atoms with Crippen LogP contribution < -0.4 is 4.74 Å². The summed E-state index contributed by atoms with van der Waals surface area (Å²) in [6, 6.07) is 10.8. The van der Waals surface area contributed by atoms with Crippen molar-refractivity contribution in [1.29, 1.82) is 0 Å². The number of hydrogen-bond acceptors (Lipinski definition) is 5. The van der Waals surface area contributed by atoms with E-state index in [2.05, 4.69) is 4.98 Å². The van der Waals surface area contributed by atoms with Gasteiger partial charge in [-0.2, -0.15) is 0 Å². The van der Waals surface area contributed by atoms with Gasteiger partial charge >= 0.3 is 0 Å². The number of halogens is 1. The number of benzene rings is 1. The van der Waals surface area contributed by atoms with Gasteiger partial charge in [0.15, 0.2) is 0 Å². The second kappa shape index (κ2) is 11.2. The molecule has 3 heterocycles. The summed E-state index contributed by atoms with van der Waals surface area (Å²) in [6.45, 7) is 3.56. The maximum absolute atomic E-state index is 13.0. The van der Waals surface area contributed by atoms with Crippen LogP contribution in [0.1, 0.15) is 53.0 Å². The first kappa shape index (κ1) is 24.5. The van der Waals surface area contributed by atoms with Gasteiger partial charge in [-0.05, 0) is 49.9 Å². The van der Waals surface area contributed by atoms with Gasteiger partial charge in [0.2, 0.25) is 0 Å². The number of amides is 2. The van der Waals surface area contributed by atoms with Crippen LogP contribution in [0.25, 0.3) is 0 Å². The Bertz CT molecular complexity index is 990. The van der Waals surface area contributed by atoms with Crippen LogP contribution in [-0.4, -0.2) is 73.1 Å². The van der Waals surface area contributed by atoms with E-state index in [0.29, 0.717) is 61.5 Å². The highest BCUT2D eigenvalue weighted by Crippen LogP contribution is 2.38. The van der Waals surface area contributed by atoms with E-state index < -0.39 is 0 Å². The largest absolute Gasteiger partial charge is 0.492 e. The normalized spacial score (nSPS) is 19.8. The summed E-state index contributed by atoms with van der Waals surface area (Å²) in [5.41, 5.74) is 0.922. The monoisotopic (exact) mass is 485 g/mol. The van der Waals surface area contributed by atoms with Crippen molar-refractivity contribution in [2.45, 2.75) is 32.1 Å². The van der Waals surface area contributed by atoms with E-state index in [-0.39, 0.29) is 17.2 Å². The molecule has 34 heavy (non-hydrogen) atoms. The molecule has 2 aromatic rings. The third-order valence-corrected chi connectivity index (χ3v) is 7.10. The number of fused-ring (bicyclic) bond motifs is 1. The van der Waals surface area contributed by atoms with Crippen LogP contribution in [0.3, 0.4) is 0 Å². The highest BCUT2D eigenvalue weighted by Gasteiger charge is 2.37. The van der Waals surface area contributed by atoms with Gasteiger partial charge in [-0.25, -0.2) is 4.98 Å². The summed E-state index contributed by atoms with van der Waals surface area (Å²) in [4.78, 5) is 33.6. The number of carbonyl (C=O) groups is 2. The molecule has 2 aliphatic heterocycles. The molecule has 182 valence electrons. The molecule has 2 amide bonds. The van der Waals surface area contributed by atoms with Gasteiger partial charge in [0.25, 0.3) is 11.8 Å². The molecule has 0 saturated carbocycles. The molecule has 8 heteroatoms. The smallest absolute Gasteiger partial charge is 0.272 e. The second-order valence-corrected chi connectivity index (χ2v) is 9.67. The number of nitrogens with zero attached hydrogens (tertiary/aromatic N) is 3. The van der Waals surface area contributed by atoms with Crippen LogP contribution in [0.15, 0.2) is 42.6 Å². The van der Waals surface area contributed by atoms with Crippen LogP contribution in [0.5, 0.6) is 5.75 Å². The van der Waals surface area contributed by atoms with Crippen molar-refractivity contribution in [1.82, 2.24) is 14.8 Å². The lowest BCUT2D eigenvalue weighted by molar-refractivity contribution is 0.0326. The zero-order valence-electron chi connectivity index (χ0n) is 19.7. The Morgan fingerprint density at radius 1 is 1.03 bits per heavy atom. The Morgan fingerprint density at radius 2 is 1.82 bits per heavy atom. The number of ether oxygens (including phenoxy) is 2. The lowest BCUT2D eigenvalue weighted by Crippen LogP contribution is -2.45. The molecule has 1 fully saturated rings. The van der Waals surface area contributed by atoms with Crippen LogP contribution in [-0.2, 0) is 4.74 Å². The van der Waals surface area contributed by atoms with Gasteiger partial charge in [0.05, 0.1) is 23.8 Å². The molecular weight excluding hydrogens is 454 g/mol. The summed E-state index contributed by atoms with van der Waals surface area (Å²) < 4.78 is 12.1. The quantitative estimate of drug-likeness (QED) is 0.602. The minimum atomic E-state index is -0.0688. The molecule has 0 N–H and O–H groups in total. The van der Waals surface area contributed by atoms with Crippen LogP contribution in [0.2, 0.25) is 5.02 Å². The number of hydrogen-bond donors (Lipinski definition) is 0. The van der Waals surface area contributed by atoms with Crippen molar-refractivity contribution in [3.63, 3.8) is 0 Å². The zero-order valence-corrected chi connectivity index (χ0v) is 20.4. The number of pyridine rings is 1. The topological polar surface area (TPSA) is 72.0 Å². The molecule has 7 nitrogen and oxygen atoms in total. The first-order chi connectivity index (χ1) is 16.5. The van der Waals surface area contributed by atoms with Crippen molar-refractivity contribution in [3.05, 3.63) is 58.9 Å². The van der Waals surface area contributed by atoms with Crippen molar-refractivity contribution in [2.24, 2.45) is 5.41 Å². The number of carbonyl (C=O) groups excluding carboxylic acids is 2. The maximum atomic E-state index is 13.0. The fourth-order valence-electron chi connectivity index (χ4n) is 4.63. The van der Waals surface area contributed by atoms with Crippen LogP contribution >= 0.6 is 11.6 Å². The van der Waals surface area contributed by atoms with E-state index in [1.165, 1.54) is 6.20 Å². The first-order valence-corrected chi connectivity index (χ1v) is 12.3. The van der Waals surface area contributed by atoms with E-state index in [1.807, 2.05) is 29.2 Å². The van der Waals surface area contributed by atoms with Gasteiger partial charge in [-0.1, -0.05) is 30.2 Å². The Hall–Kier alpha value is -2.64. The predicted molar refractivity (Wildman–Crippen MR) is 130 cm³/mol. The van der Waals surface area contributed by atoms with Crippen molar-refractivity contribution in [3.8, 4) is 5.75 Å². The summed E-state index contributed by atoms with van der Waals surface area (Å²) in [7, 11) is 1.79. The summed E-state index contributed by atoms with van der Waals surface area (Å²) >= 11 is 5.91. The molecule has 1 aromatic heterocycles. The van der Waals surface area contributed by atoms with Crippen molar-refractivity contribution >= 4 is 23.4 Å². The van der Waals surface area contributed by atoms with Gasteiger partial charge in [0, 0.05) is 44.9 Å².